The van der Waals surface area contributed by atoms with Crippen molar-refractivity contribution in [3.63, 3.8) is 0 Å². The summed E-state index contributed by atoms with van der Waals surface area (Å²) in [5.74, 6) is 0.176. The number of nitrogens with zero attached hydrogens (tertiary/aromatic N) is 1. The number of rotatable bonds is 19. The van der Waals surface area contributed by atoms with Crippen molar-refractivity contribution in [3.05, 3.63) is 24.3 Å². The van der Waals surface area contributed by atoms with Gasteiger partial charge in [0.15, 0.2) is 0 Å². The second-order valence-electron chi connectivity index (χ2n) is 9.16. The van der Waals surface area contributed by atoms with Gasteiger partial charge in [0.05, 0.1) is 6.61 Å². The number of phenolic OH excluding ortho intramolecular Hbond substituents is 2. The molecular formula is C29H53NO4. The van der Waals surface area contributed by atoms with Crippen molar-refractivity contribution in [3.8, 4) is 11.5 Å². The molecule has 0 bridgehead atoms. The van der Waals surface area contributed by atoms with Gasteiger partial charge in [-0.15, -0.1) is 0 Å². The van der Waals surface area contributed by atoms with Gasteiger partial charge in [0.1, 0.15) is 11.5 Å². The van der Waals surface area contributed by atoms with Crippen molar-refractivity contribution in [1.29, 1.82) is 0 Å². The van der Waals surface area contributed by atoms with Crippen molar-refractivity contribution < 1.29 is 19.7 Å². The normalized spacial score (nSPS) is 10.4. The topological polar surface area (TPSA) is 70.0 Å². The highest BCUT2D eigenvalue weighted by Gasteiger charge is 2.13. The lowest BCUT2D eigenvalue weighted by Gasteiger charge is -2.22. The van der Waals surface area contributed by atoms with E-state index >= 15 is 0 Å². The third-order valence-corrected chi connectivity index (χ3v) is 5.92. The Balaban J connectivity index is 0.00000113. The van der Waals surface area contributed by atoms with Gasteiger partial charge in [-0.1, -0.05) is 110 Å². The zero-order valence-electron chi connectivity index (χ0n) is 22.4. The van der Waals surface area contributed by atoms with Crippen molar-refractivity contribution in [2.45, 2.75) is 124 Å². The number of carbonyl (C=O) groups excluding carboxylic acids is 1. The molecule has 0 unspecified atom stereocenters. The molecule has 0 aliphatic rings. The molecule has 34 heavy (non-hydrogen) atoms. The van der Waals surface area contributed by atoms with Crippen LogP contribution in [-0.2, 0) is 4.74 Å². The average Bonchev–Trinajstić information content (AvgIpc) is 2.81. The summed E-state index contributed by atoms with van der Waals surface area (Å²) in [5.41, 5.74) is 0. The summed E-state index contributed by atoms with van der Waals surface area (Å²) in [6.45, 7) is 8.62. The van der Waals surface area contributed by atoms with Gasteiger partial charge in [-0.3, -0.25) is 0 Å². The van der Waals surface area contributed by atoms with E-state index in [9.17, 15) is 4.79 Å². The number of amides is 1. The molecule has 1 aromatic carbocycles. The average molecular weight is 480 g/mol. The molecule has 0 saturated carbocycles. The van der Waals surface area contributed by atoms with Crippen molar-refractivity contribution in [2.75, 3.05) is 19.7 Å². The second-order valence-corrected chi connectivity index (χ2v) is 9.16. The molecule has 0 saturated heterocycles. The monoisotopic (exact) mass is 479 g/mol. The summed E-state index contributed by atoms with van der Waals surface area (Å²) < 4.78 is 5.24. The van der Waals surface area contributed by atoms with E-state index in [0.717, 1.165) is 25.9 Å². The highest BCUT2D eigenvalue weighted by Crippen LogP contribution is 2.15. The van der Waals surface area contributed by atoms with E-state index in [1.54, 1.807) is 6.07 Å². The van der Waals surface area contributed by atoms with Crippen LogP contribution in [0.5, 0.6) is 11.5 Å². The fourth-order valence-corrected chi connectivity index (χ4v) is 3.88. The Bertz CT molecular complexity index is 542. The Kier molecular flexibility index (Phi) is 22.9. The van der Waals surface area contributed by atoms with E-state index in [1.807, 2.05) is 11.8 Å². The minimum Gasteiger partial charge on any atom is -0.508 e. The van der Waals surface area contributed by atoms with Crippen LogP contribution >= 0.6 is 0 Å². The van der Waals surface area contributed by atoms with Crippen LogP contribution in [0.15, 0.2) is 24.3 Å². The third-order valence-electron chi connectivity index (χ3n) is 5.92. The standard InChI is InChI=1S/C23H47NO2.C6H6O2/c1-4-7-9-11-13-15-17-19-21-24(23(25)26-6-3)22-20-18-16-14-12-10-8-5-2;7-5-2-1-3-6(8)4-5/h4-22H2,1-3H3;1-4,7-8H. The number of benzene rings is 1. The van der Waals surface area contributed by atoms with Crippen molar-refractivity contribution in [2.24, 2.45) is 0 Å². The molecular weight excluding hydrogens is 426 g/mol. The van der Waals surface area contributed by atoms with E-state index in [1.165, 1.54) is 108 Å². The van der Waals surface area contributed by atoms with Crippen LogP contribution in [0.25, 0.3) is 0 Å². The number of phenols is 2. The Labute approximate surface area is 209 Å². The van der Waals surface area contributed by atoms with Crippen LogP contribution in [0.1, 0.15) is 124 Å². The fraction of sp³-hybridized carbons (Fsp3) is 0.759. The summed E-state index contributed by atoms with van der Waals surface area (Å²) in [6, 6.07) is 5.85. The minimum absolute atomic E-state index is 0.0880. The first-order chi connectivity index (χ1) is 16.5. The molecule has 5 heteroatoms. The lowest BCUT2D eigenvalue weighted by Crippen LogP contribution is -2.33. The van der Waals surface area contributed by atoms with Gasteiger partial charge in [0.25, 0.3) is 0 Å². The number of unbranched alkanes of at least 4 members (excludes halogenated alkanes) is 14. The molecule has 198 valence electrons. The molecule has 5 nitrogen and oxygen atoms in total. The lowest BCUT2D eigenvalue weighted by molar-refractivity contribution is 0.105. The van der Waals surface area contributed by atoms with E-state index in [-0.39, 0.29) is 17.6 Å². The van der Waals surface area contributed by atoms with Crippen molar-refractivity contribution >= 4 is 6.09 Å². The largest absolute Gasteiger partial charge is 0.508 e. The predicted octanol–water partition coefficient (Wildman–Crippen LogP) is 8.82. The Morgan fingerprint density at radius 1 is 0.676 bits per heavy atom. The van der Waals surface area contributed by atoms with Gasteiger partial charge in [-0.25, -0.2) is 4.79 Å². The Morgan fingerprint density at radius 3 is 1.38 bits per heavy atom. The molecule has 1 amide bonds. The van der Waals surface area contributed by atoms with Crippen LogP contribution < -0.4 is 0 Å². The molecule has 1 rings (SSSR count). The molecule has 0 aromatic heterocycles. The predicted molar refractivity (Wildman–Crippen MR) is 144 cm³/mol. The summed E-state index contributed by atoms with van der Waals surface area (Å²) in [4.78, 5) is 14.1. The Hall–Kier alpha value is -1.91. The van der Waals surface area contributed by atoms with E-state index < -0.39 is 0 Å². The maximum absolute atomic E-state index is 12.1. The third kappa shape index (κ3) is 20.7. The minimum atomic E-state index is -0.113. The molecule has 0 atom stereocenters. The SMILES string of the molecule is CCCCCCCCCCN(CCCCCCCCCC)C(=O)OCC.Oc1cccc(O)c1. The van der Waals surface area contributed by atoms with Gasteiger partial charge in [0.2, 0.25) is 0 Å². The number of carbonyl (C=O) groups is 1. The molecule has 0 aliphatic heterocycles. The zero-order chi connectivity index (χ0) is 25.3. The molecule has 2 N–H and O–H groups in total. The number of hydrogen-bond donors (Lipinski definition) is 2. The first kappa shape index (κ1) is 32.1. The van der Waals surface area contributed by atoms with Gasteiger partial charge in [-0.2, -0.15) is 0 Å². The molecule has 0 fully saturated rings. The number of aromatic hydroxyl groups is 2. The van der Waals surface area contributed by atoms with Crippen LogP contribution in [0, 0.1) is 0 Å². The van der Waals surface area contributed by atoms with E-state index in [2.05, 4.69) is 13.8 Å². The number of hydrogen-bond acceptors (Lipinski definition) is 4. The van der Waals surface area contributed by atoms with E-state index in [4.69, 9.17) is 14.9 Å². The van der Waals surface area contributed by atoms with Crippen molar-refractivity contribution in [1.82, 2.24) is 4.90 Å². The summed E-state index contributed by atoms with van der Waals surface area (Å²) >= 11 is 0. The maximum Gasteiger partial charge on any atom is 0.409 e. The first-order valence-corrected chi connectivity index (χ1v) is 13.9. The molecule has 0 radical (unpaired) electrons. The number of ether oxygens (including phenoxy) is 1. The van der Waals surface area contributed by atoms with Gasteiger partial charge < -0.3 is 19.8 Å². The summed E-state index contributed by atoms with van der Waals surface area (Å²) in [6.07, 6.45) is 20.7. The van der Waals surface area contributed by atoms with Crippen LogP contribution in [0.2, 0.25) is 0 Å². The summed E-state index contributed by atoms with van der Waals surface area (Å²) in [5, 5.41) is 17.3. The highest BCUT2D eigenvalue weighted by atomic mass is 16.6. The van der Waals surface area contributed by atoms with Gasteiger partial charge >= 0.3 is 6.09 Å². The highest BCUT2D eigenvalue weighted by molar-refractivity contribution is 5.67. The second kappa shape index (κ2) is 24.2. The zero-order valence-corrected chi connectivity index (χ0v) is 22.4. The van der Waals surface area contributed by atoms with Crippen LogP contribution in [0.4, 0.5) is 4.79 Å². The van der Waals surface area contributed by atoms with Gasteiger partial charge in [0, 0.05) is 19.2 Å². The smallest absolute Gasteiger partial charge is 0.409 e. The molecule has 1 aromatic rings. The van der Waals surface area contributed by atoms with Crippen LogP contribution in [-0.4, -0.2) is 40.9 Å². The Morgan fingerprint density at radius 2 is 1.06 bits per heavy atom. The molecule has 0 aliphatic carbocycles. The van der Waals surface area contributed by atoms with Crippen LogP contribution in [0.3, 0.4) is 0 Å². The molecule has 0 heterocycles. The quantitative estimate of drug-likeness (QED) is 0.194. The fourth-order valence-electron chi connectivity index (χ4n) is 3.88. The summed E-state index contributed by atoms with van der Waals surface area (Å²) in [7, 11) is 0. The first-order valence-electron chi connectivity index (χ1n) is 13.9. The van der Waals surface area contributed by atoms with E-state index in [0.29, 0.717) is 6.61 Å². The maximum atomic E-state index is 12.1. The lowest BCUT2D eigenvalue weighted by atomic mass is 10.1. The molecule has 0 spiro atoms. The van der Waals surface area contributed by atoms with Gasteiger partial charge in [-0.05, 0) is 31.9 Å².